The lowest BCUT2D eigenvalue weighted by molar-refractivity contribution is 0.252. The molecule has 12 heavy (non-hydrogen) atoms. The first-order chi connectivity index (χ1) is 5.36. The second-order valence-corrected chi connectivity index (χ2v) is 7.04. The van der Waals surface area contributed by atoms with Gasteiger partial charge in [0, 0.05) is 0 Å². The van der Waals surface area contributed by atoms with E-state index in [1.165, 1.54) is 0 Å². The summed E-state index contributed by atoms with van der Waals surface area (Å²) >= 11 is 4.67. The molecule has 0 N–H and O–H groups in total. The molecular weight excluding hydrogens is 265 g/mol. The first kappa shape index (κ1) is 11.0. The fourth-order valence-electron chi connectivity index (χ4n) is 0.365. The Morgan fingerprint density at radius 1 is 1.33 bits per heavy atom. The number of nitrogens with zero attached hydrogens (tertiary/aromatic N) is 3. The Balaban J connectivity index is 3.01. The minimum absolute atomic E-state index is 0.666. The van der Waals surface area contributed by atoms with Gasteiger partial charge in [0.25, 0.3) is 8.53 Å². The maximum atomic E-state index is 12.4. The van der Waals surface area contributed by atoms with Gasteiger partial charge >= 0.3 is 16.4 Å². The van der Waals surface area contributed by atoms with Gasteiger partial charge in [0.15, 0.2) is 0 Å². The molecular formula is ClF5N3P3. The highest BCUT2D eigenvalue weighted by Gasteiger charge is 2.49. The third-order valence-corrected chi connectivity index (χ3v) is 6.35. The van der Waals surface area contributed by atoms with Gasteiger partial charge in [-0.1, -0.05) is 3.96 Å². The van der Waals surface area contributed by atoms with E-state index < -0.39 is 33.5 Å². The Hall–Kier alpha value is 0.950. The molecule has 1 heterocycles. The smallest absolute Gasteiger partial charge is 0.185 e. The fraction of sp³-hybridized carbons (Fsp3) is 0. The number of halogens is 6. The highest BCUT2D eigenvalue weighted by Crippen LogP contribution is 2.81. The summed E-state index contributed by atoms with van der Waals surface area (Å²) in [7, 11) is -12.5. The van der Waals surface area contributed by atoms with Crippen molar-refractivity contribution in [2.45, 2.75) is 0 Å². The molecule has 0 bridgehead atoms. The molecule has 0 aromatic carbocycles. The Kier molecular flexibility index (Phi) is 3.31. The summed E-state index contributed by atoms with van der Waals surface area (Å²) in [6, 6.07) is 0. The molecule has 2 atom stereocenters. The van der Waals surface area contributed by atoms with E-state index in [1.807, 2.05) is 0 Å². The lowest BCUT2D eigenvalue weighted by Gasteiger charge is -2.27. The van der Waals surface area contributed by atoms with Crippen molar-refractivity contribution in [1.29, 1.82) is 0 Å². The maximum absolute atomic E-state index is 12.4. The van der Waals surface area contributed by atoms with Crippen LogP contribution in [0.3, 0.4) is 0 Å². The summed E-state index contributed by atoms with van der Waals surface area (Å²) < 4.78 is 61.9. The summed E-state index contributed by atoms with van der Waals surface area (Å²) in [4.78, 5) is 0. The Morgan fingerprint density at radius 3 is 2.33 bits per heavy atom. The number of hydrogen-bond donors (Lipinski definition) is 0. The van der Waals surface area contributed by atoms with E-state index in [0.29, 0.717) is 0 Å². The zero-order valence-corrected chi connectivity index (χ0v) is 8.39. The minimum Gasteiger partial charge on any atom is -0.185 e. The second kappa shape index (κ2) is 3.60. The maximum Gasteiger partial charge on any atom is 0.394 e. The van der Waals surface area contributed by atoms with Gasteiger partial charge in [-0.05, 0) is 16.4 Å². The molecule has 0 saturated heterocycles. The van der Waals surface area contributed by atoms with Crippen LogP contribution in [0, 0.1) is 0 Å². The third-order valence-electron chi connectivity index (χ3n) is 0.789. The largest absolute Gasteiger partial charge is 0.394 e. The predicted octanol–water partition coefficient (Wildman–Crippen LogP) is 4.92. The molecule has 0 radical (unpaired) electrons. The fourth-order valence-corrected chi connectivity index (χ4v) is 4.80. The van der Waals surface area contributed by atoms with Crippen LogP contribution in [0.1, 0.15) is 0 Å². The molecule has 1 aliphatic heterocycles. The van der Waals surface area contributed by atoms with Crippen molar-refractivity contribution in [3.05, 3.63) is 0 Å². The van der Waals surface area contributed by atoms with Crippen LogP contribution >= 0.6 is 36.7 Å². The zero-order valence-electron chi connectivity index (χ0n) is 4.95. The van der Waals surface area contributed by atoms with Crippen LogP contribution in [0.4, 0.5) is 21.3 Å². The van der Waals surface area contributed by atoms with E-state index in [1.54, 1.807) is 0 Å². The molecule has 1 rings (SSSR count). The first-order valence-corrected chi connectivity index (χ1v) is 6.30. The lowest BCUT2D eigenvalue weighted by Crippen LogP contribution is -2.08. The second-order valence-electron chi connectivity index (χ2n) is 1.51. The van der Waals surface area contributed by atoms with Gasteiger partial charge in [-0.15, -0.1) is 4.48 Å². The standard InChI is InChI=1S/ClF5N3P3/c1-8-11(4)9(2)10(3)7-12(8,5)6. The van der Waals surface area contributed by atoms with Crippen LogP contribution in [0.25, 0.3) is 0 Å². The Morgan fingerprint density at radius 2 is 1.83 bits per heavy atom. The quantitative estimate of drug-likeness (QED) is 0.352. The Labute approximate surface area is 71.8 Å². The van der Waals surface area contributed by atoms with Crippen LogP contribution in [0.2, 0.25) is 0 Å². The summed E-state index contributed by atoms with van der Waals surface area (Å²) in [6.45, 7) is 0. The van der Waals surface area contributed by atoms with Gasteiger partial charge in [-0.2, -0.15) is 21.3 Å². The molecule has 0 amide bonds. The van der Waals surface area contributed by atoms with Crippen molar-refractivity contribution in [2.24, 2.45) is 4.52 Å². The highest BCUT2D eigenvalue weighted by molar-refractivity contribution is 7.78. The molecule has 72 valence electrons. The average molecular weight is 265 g/mol. The molecule has 0 spiro atoms. The molecule has 0 fully saturated rings. The number of rotatable bonds is 0. The van der Waals surface area contributed by atoms with Crippen molar-refractivity contribution in [3.63, 3.8) is 0 Å². The van der Waals surface area contributed by atoms with E-state index in [4.69, 9.17) is 0 Å². The van der Waals surface area contributed by atoms with Gasteiger partial charge in [0.1, 0.15) is 0 Å². The Bertz CT molecular complexity index is 228. The summed E-state index contributed by atoms with van der Waals surface area (Å²) in [5.41, 5.74) is 0. The molecule has 0 saturated carbocycles. The van der Waals surface area contributed by atoms with Crippen molar-refractivity contribution >= 4 is 36.7 Å². The normalized spacial score (nSPS) is 37.8. The topological polar surface area (TPSA) is 18.8 Å². The van der Waals surface area contributed by atoms with Gasteiger partial charge < -0.3 is 0 Å². The predicted molar refractivity (Wildman–Crippen MR) is 38.3 cm³/mol. The van der Waals surface area contributed by atoms with Crippen molar-refractivity contribution in [2.75, 3.05) is 0 Å². The summed E-state index contributed by atoms with van der Waals surface area (Å²) in [5.74, 6) is 0. The first-order valence-electron chi connectivity index (χ1n) is 2.21. The van der Waals surface area contributed by atoms with Crippen molar-refractivity contribution in [1.82, 2.24) is 8.62 Å². The van der Waals surface area contributed by atoms with E-state index in [-0.39, 0.29) is 0 Å². The van der Waals surface area contributed by atoms with Crippen LogP contribution < -0.4 is 0 Å². The van der Waals surface area contributed by atoms with Gasteiger partial charge in [-0.3, -0.25) is 0 Å². The van der Waals surface area contributed by atoms with Crippen LogP contribution in [-0.2, 0) is 0 Å². The molecule has 12 heteroatoms. The van der Waals surface area contributed by atoms with E-state index in [9.17, 15) is 21.3 Å². The van der Waals surface area contributed by atoms with Crippen LogP contribution in [0.5, 0.6) is 0 Å². The van der Waals surface area contributed by atoms with E-state index in [2.05, 4.69) is 16.3 Å². The minimum atomic E-state index is -5.33. The lowest BCUT2D eigenvalue weighted by atomic mass is 13.7. The molecule has 0 aromatic rings. The van der Waals surface area contributed by atoms with E-state index in [0.717, 1.165) is 0 Å². The molecule has 2 unspecified atom stereocenters. The van der Waals surface area contributed by atoms with Crippen LogP contribution in [0.15, 0.2) is 4.52 Å². The summed E-state index contributed by atoms with van der Waals surface area (Å²) in [6.07, 6.45) is 0. The van der Waals surface area contributed by atoms with Gasteiger partial charge in [0.05, 0.1) is 0 Å². The van der Waals surface area contributed by atoms with E-state index >= 15 is 0 Å². The molecule has 0 aromatic heterocycles. The molecule has 1 aliphatic rings. The summed E-state index contributed by atoms with van der Waals surface area (Å²) in [5, 5.41) is 0. The monoisotopic (exact) mass is 265 g/mol. The SMILES string of the molecule is FN1P(F)N=P(F)(F)N(Cl)P1F. The zero-order chi connectivity index (χ0) is 9.52. The molecule has 3 nitrogen and oxygen atoms in total. The third kappa shape index (κ3) is 1.89. The van der Waals surface area contributed by atoms with Crippen molar-refractivity contribution in [3.8, 4) is 0 Å². The average Bonchev–Trinajstić information content (AvgIpc) is 1.97. The highest BCUT2D eigenvalue weighted by atomic mass is 35.5. The van der Waals surface area contributed by atoms with Gasteiger partial charge in [0.2, 0.25) is 0 Å². The molecule has 0 aliphatic carbocycles. The van der Waals surface area contributed by atoms with Crippen LogP contribution in [-0.4, -0.2) is 8.62 Å². The van der Waals surface area contributed by atoms with Gasteiger partial charge in [-0.25, -0.2) is 0 Å². The number of hydrogen-bond acceptors (Lipinski definition) is 3. The van der Waals surface area contributed by atoms with Crippen molar-refractivity contribution < 1.29 is 21.3 Å².